The number of anilines is 1. The molecule has 0 saturated heterocycles. The Kier molecular flexibility index (Phi) is 4.98. The van der Waals surface area contributed by atoms with Crippen molar-refractivity contribution in [2.75, 3.05) is 11.9 Å². The van der Waals surface area contributed by atoms with Crippen molar-refractivity contribution in [1.29, 1.82) is 0 Å². The predicted octanol–water partition coefficient (Wildman–Crippen LogP) is 2.00. The number of carbonyl (C=O) groups is 3. The number of benzene rings is 1. The molecule has 1 amide bonds. The van der Waals surface area contributed by atoms with Crippen LogP contribution in [0.25, 0.3) is 0 Å². The number of rotatable bonds is 5. The van der Waals surface area contributed by atoms with E-state index in [0.29, 0.717) is 17.7 Å². The van der Waals surface area contributed by atoms with E-state index in [4.69, 9.17) is 4.74 Å². The van der Waals surface area contributed by atoms with E-state index in [1.807, 2.05) is 13.0 Å². The van der Waals surface area contributed by atoms with E-state index in [2.05, 4.69) is 10.3 Å². The summed E-state index contributed by atoms with van der Waals surface area (Å²) in [6.45, 7) is 1.40. The van der Waals surface area contributed by atoms with Crippen molar-refractivity contribution in [3.05, 3.63) is 59.3 Å². The molecule has 0 bridgehead atoms. The average molecular weight is 298 g/mol. The molecule has 22 heavy (non-hydrogen) atoms. The van der Waals surface area contributed by atoms with Gasteiger partial charge in [-0.1, -0.05) is 18.2 Å². The fourth-order valence-electron chi connectivity index (χ4n) is 1.70. The summed E-state index contributed by atoms with van der Waals surface area (Å²) in [7, 11) is 0. The Labute approximate surface area is 127 Å². The minimum Gasteiger partial charge on any atom is -0.452 e. The minimum absolute atomic E-state index is 0.271. The molecule has 0 radical (unpaired) electrons. The summed E-state index contributed by atoms with van der Waals surface area (Å²) < 4.78 is 4.91. The zero-order chi connectivity index (χ0) is 15.9. The van der Waals surface area contributed by atoms with Crippen LogP contribution in [0.15, 0.2) is 42.6 Å². The second-order valence-electron chi connectivity index (χ2n) is 4.53. The van der Waals surface area contributed by atoms with Gasteiger partial charge in [-0.25, -0.2) is 9.78 Å². The molecule has 0 aliphatic rings. The molecule has 1 aromatic carbocycles. The van der Waals surface area contributed by atoms with E-state index in [1.165, 1.54) is 24.3 Å². The first-order chi connectivity index (χ1) is 10.6. The summed E-state index contributed by atoms with van der Waals surface area (Å²) in [5, 5.41) is 2.56. The monoisotopic (exact) mass is 298 g/mol. The Morgan fingerprint density at radius 1 is 1.23 bits per heavy atom. The average Bonchev–Trinajstić information content (AvgIpc) is 2.55. The van der Waals surface area contributed by atoms with Gasteiger partial charge in [0.2, 0.25) is 0 Å². The normalized spacial score (nSPS) is 9.86. The Morgan fingerprint density at radius 3 is 2.59 bits per heavy atom. The molecule has 1 aromatic heterocycles. The lowest BCUT2D eigenvalue weighted by Crippen LogP contribution is -2.21. The van der Waals surface area contributed by atoms with E-state index in [1.54, 1.807) is 12.3 Å². The summed E-state index contributed by atoms with van der Waals surface area (Å²) in [5.74, 6) is -0.677. The van der Waals surface area contributed by atoms with Gasteiger partial charge in [-0.2, -0.15) is 0 Å². The number of ether oxygens (including phenoxy) is 1. The molecular formula is C16H14N2O4. The van der Waals surface area contributed by atoms with Gasteiger partial charge < -0.3 is 10.1 Å². The molecule has 112 valence electrons. The van der Waals surface area contributed by atoms with Gasteiger partial charge in [0.05, 0.1) is 5.56 Å². The largest absolute Gasteiger partial charge is 0.452 e. The van der Waals surface area contributed by atoms with E-state index < -0.39 is 18.5 Å². The van der Waals surface area contributed by atoms with Crippen molar-refractivity contribution < 1.29 is 19.1 Å². The smallest absolute Gasteiger partial charge is 0.338 e. The first kappa shape index (κ1) is 15.4. The van der Waals surface area contributed by atoms with E-state index in [-0.39, 0.29) is 5.56 Å². The number of aldehydes is 1. The van der Waals surface area contributed by atoms with Gasteiger partial charge in [-0.15, -0.1) is 0 Å². The van der Waals surface area contributed by atoms with Crippen LogP contribution in [-0.2, 0) is 9.53 Å². The van der Waals surface area contributed by atoms with Gasteiger partial charge in [-0.05, 0) is 30.7 Å². The summed E-state index contributed by atoms with van der Waals surface area (Å²) in [6.07, 6.45) is 2.24. The Bertz CT molecular complexity index is 696. The van der Waals surface area contributed by atoms with Crippen LogP contribution in [0.1, 0.15) is 26.3 Å². The molecule has 6 nitrogen and oxygen atoms in total. The number of amides is 1. The van der Waals surface area contributed by atoms with Crippen molar-refractivity contribution in [2.45, 2.75) is 6.92 Å². The van der Waals surface area contributed by atoms with Crippen molar-refractivity contribution in [2.24, 2.45) is 0 Å². The Hall–Kier alpha value is -3.02. The summed E-state index contributed by atoms with van der Waals surface area (Å²) in [5.41, 5.74) is 1.54. The van der Waals surface area contributed by atoms with E-state index >= 15 is 0 Å². The van der Waals surface area contributed by atoms with Crippen LogP contribution in [0.2, 0.25) is 0 Å². The van der Waals surface area contributed by atoms with Gasteiger partial charge >= 0.3 is 5.97 Å². The van der Waals surface area contributed by atoms with Gasteiger partial charge in [0.1, 0.15) is 12.1 Å². The number of esters is 1. The predicted molar refractivity (Wildman–Crippen MR) is 79.7 cm³/mol. The minimum atomic E-state index is -0.634. The van der Waals surface area contributed by atoms with Crippen LogP contribution in [0.4, 0.5) is 5.82 Å². The van der Waals surface area contributed by atoms with Gasteiger partial charge in [0.25, 0.3) is 5.91 Å². The number of nitrogens with zero attached hydrogens (tertiary/aromatic N) is 1. The van der Waals surface area contributed by atoms with Crippen LogP contribution in [0, 0.1) is 6.92 Å². The summed E-state index contributed by atoms with van der Waals surface area (Å²) in [4.78, 5) is 38.0. The van der Waals surface area contributed by atoms with Gasteiger partial charge in [0.15, 0.2) is 6.61 Å². The molecule has 1 N–H and O–H groups in total. The lowest BCUT2D eigenvalue weighted by Gasteiger charge is -2.07. The first-order valence-electron chi connectivity index (χ1n) is 6.54. The fraction of sp³-hybridized carbons (Fsp3) is 0.125. The highest BCUT2D eigenvalue weighted by molar-refractivity contribution is 5.95. The molecule has 0 aliphatic carbocycles. The maximum atomic E-state index is 11.8. The second kappa shape index (κ2) is 7.12. The maximum absolute atomic E-state index is 11.8. The number of carbonyl (C=O) groups excluding carboxylic acids is 3. The molecule has 0 saturated carbocycles. The van der Waals surface area contributed by atoms with Crippen LogP contribution < -0.4 is 5.32 Å². The van der Waals surface area contributed by atoms with Crippen LogP contribution in [0.3, 0.4) is 0 Å². The molecule has 0 aliphatic heterocycles. The highest BCUT2D eigenvalue weighted by Gasteiger charge is 2.11. The number of hydrogen-bond donors (Lipinski definition) is 1. The molecule has 0 atom stereocenters. The van der Waals surface area contributed by atoms with Crippen molar-refractivity contribution >= 4 is 24.0 Å². The van der Waals surface area contributed by atoms with Gasteiger partial charge in [-0.3, -0.25) is 9.59 Å². The fourth-order valence-corrected chi connectivity index (χ4v) is 1.70. The highest BCUT2D eigenvalue weighted by Crippen LogP contribution is 2.09. The quantitative estimate of drug-likeness (QED) is 0.674. The van der Waals surface area contributed by atoms with Crippen LogP contribution >= 0.6 is 0 Å². The SMILES string of the molecule is Cc1cccnc1NC(=O)COC(=O)c1ccc(C=O)cc1. The van der Waals surface area contributed by atoms with Crippen molar-refractivity contribution in [1.82, 2.24) is 4.98 Å². The zero-order valence-corrected chi connectivity index (χ0v) is 11.9. The number of pyridine rings is 1. The third-order valence-electron chi connectivity index (χ3n) is 2.88. The molecule has 0 unspecified atom stereocenters. The van der Waals surface area contributed by atoms with E-state index in [9.17, 15) is 14.4 Å². The second-order valence-corrected chi connectivity index (χ2v) is 4.53. The number of nitrogens with one attached hydrogen (secondary N) is 1. The van der Waals surface area contributed by atoms with Crippen LogP contribution in [0.5, 0.6) is 0 Å². The molecule has 2 aromatic rings. The van der Waals surface area contributed by atoms with Crippen molar-refractivity contribution in [3.8, 4) is 0 Å². The van der Waals surface area contributed by atoms with E-state index in [0.717, 1.165) is 5.56 Å². The third-order valence-corrected chi connectivity index (χ3v) is 2.88. The molecule has 6 heteroatoms. The number of aryl methyl sites for hydroxylation is 1. The van der Waals surface area contributed by atoms with Crippen LogP contribution in [-0.4, -0.2) is 29.8 Å². The lowest BCUT2D eigenvalue weighted by molar-refractivity contribution is -0.119. The molecule has 0 spiro atoms. The number of aromatic nitrogens is 1. The Morgan fingerprint density at radius 2 is 1.95 bits per heavy atom. The molecular weight excluding hydrogens is 284 g/mol. The lowest BCUT2D eigenvalue weighted by atomic mass is 10.1. The number of hydrogen-bond acceptors (Lipinski definition) is 5. The Balaban J connectivity index is 1.89. The highest BCUT2D eigenvalue weighted by atomic mass is 16.5. The zero-order valence-electron chi connectivity index (χ0n) is 11.9. The topological polar surface area (TPSA) is 85.4 Å². The molecule has 1 heterocycles. The standard InChI is InChI=1S/C16H14N2O4/c1-11-3-2-8-17-15(11)18-14(20)10-22-16(21)13-6-4-12(9-19)5-7-13/h2-9H,10H2,1H3,(H,17,18,20). The third kappa shape index (κ3) is 3.99. The maximum Gasteiger partial charge on any atom is 0.338 e. The molecule has 0 fully saturated rings. The first-order valence-corrected chi connectivity index (χ1v) is 6.54. The van der Waals surface area contributed by atoms with Crippen molar-refractivity contribution in [3.63, 3.8) is 0 Å². The molecule has 2 rings (SSSR count). The van der Waals surface area contributed by atoms with Gasteiger partial charge in [0, 0.05) is 11.8 Å². The summed E-state index contributed by atoms with van der Waals surface area (Å²) in [6, 6.07) is 9.50. The summed E-state index contributed by atoms with van der Waals surface area (Å²) >= 11 is 0.